The molecule has 184 valence electrons. The molecule has 2 amide bonds. The van der Waals surface area contributed by atoms with Gasteiger partial charge in [0.25, 0.3) is 5.91 Å². The zero-order valence-corrected chi connectivity index (χ0v) is 22.6. The summed E-state index contributed by atoms with van der Waals surface area (Å²) in [6.45, 7) is 6.65. The monoisotopic (exact) mass is 553 g/mol. The third-order valence-electron chi connectivity index (χ3n) is 6.44. The van der Waals surface area contributed by atoms with Crippen LogP contribution in [0.1, 0.15) is 39.2 Å². The molecule has 3 aromatic rings. The highest BCUT2D eigenvalue weighted by Gasteiger charge is 2.24. The summed E-state index contributed by atoms with van der Waals surface area (Å²) in [5.41, 5.74) is 2.87. The van der Waals surface area contributed by atoms with Crippen molar-refractivity contribution in [3.05, 3.63) is 92.1 Å². The maximum Gasteiger partial charge on any atom is 0.254 e. The Hall–Kier alpha value is -2.48. The number of thiophene rings is 1. The van der Waals surface area contributed by atoms with Gasteiger partial charge in [-0.15, -0.1) is 11.3 Å². The van der Waals surface area contributed by atoms with Gasteiger partial charge in [-0.05, 0) is 73.6 Å². The Morgan fingerprint density at radius 2 is 1.74 bits per heavy atom. The number of halogens is 1. The van der Waals surface area contributed by atoms with Gasteiger partial charge in [0, 0.05) is 34.5 Å². The van der Waals surface area contributed by atoms with E-state index < -0.39 is 0 Å². The van der Waals surface area contributed by atoms with Crippen molar-refractivity contribution in [1.29, 1.82) is 0 Å². The van der Waals surface area contributed by atoms with E-state index in [9.17, 15) is 9.59 Å². The number of hydrogen-bond acceptors (Lipinski definition) is 4. The molecule has 2 heterocycles. The van der Waals surface area contributed by atoms with Crippen LogP contribution >= 0.6 is 27.3 Å². The molecule has 1 aliphatic rings. The fourth-order valence-electron chi connectivity index (χ4n) is 4.36. The van der Waals surface area contributed by atoms with Gasteiger partial charge in [0.15, 0.2) is 0 Å². The van der Waals surface area contributed by atoms with Crippen molar-refractivity contribution in [2.75, 3.05) is 32.7 Å². The number of carbonyl (C=O) groups is 2. The van der Waals surface area contributed by atoms with Crippen LogP contribution in [0, 0.1) is 6.92 Å². The van der Waals surface area contributed by atoms with E-state index in [4.69, 9.17) is 0 Å². The Bertz CT molecular complexity index is 1130. The van der Waals surface area contributed by atoms with Crippen LogP contribution in [0.15, 0.2) is 70.5 Å². The van der Waals surface area contributed by atoms with E-state index in [1.165, 1.54) is 23.3 Å². The molecular formula is C28H32BrN3O2S. The van der Waals surface area contributed by atoms with Crippen LogP contribution in [-0.2, 0) is 17.9 Å². The van der Waals surface area contributed by atoms with Gasteiger partial charge < -0.3 is 14.7 Å². The van der Waals surface area contributed by atoms with E-state index in [1.54, 1.807) is 16.2 Å². The zero-order chi connectivity index (χ0) is 24.6. The number of rotatable bonds is 10. The number of likely N-dealkylation sites (tertiary alicyclic amines) is 1. The highest BCUT2D eigenvalue weighted by molar-refractivity contribution is 9.10. The first kappa shape index (κ1) is 25.6. The molecule has 1 aromatic heterocycles. The molecule has 0 saturated carbocycles. The quantitative estimate of drug-likeness (QED) is 0.329. The third-order valence-corrected chi connectivity index (χ3v) is 7.94. The topological polar surface area (TPSA) is 43.9 Å². The van der Waals surface area contributed by atoms with Crippen LogP contribution < -0.4 is 0 Å². The summed E-state index contributed by atoms with van der Waals surface area (Å²) >= 11 is 5.14. The predicted molar refractivity (Wildman–Crippen MR) is 145 cm³/mol. The Kier molecular flexibility index (Phi) is 9.12. The van der Waals surface area contributed by atoms with Gasteiger partial charge >= 0.3 is 0 Å². The second-order valence-electron chi connectivity index (χ2n) is 9.05. The van der Waals surface area contributed by atoms with E-state index in [-0.39, 0.29) is 18.4 Å². The van der Waals surface area contributed by atoms with Crippen LogP contribution in [0.5, 0.6) is 0 Å². The van der Waals surface area contributed by atoms with Crippen molar-refractivity contribution in [2.45, 2.75) is 32.9 Å². The Morgan fingerprint density at radius 3 is 2.43 bits per heavy atom. The lowest BCUT2D eigenvalue weighted by Gasteiger charge is -2.29. The molecule has 0 spiro atoms. The van der Waals surface area contributed by atoms with Crippen molar-refractivity contribution < 1.29 is 9.59 Å². The highest BCUT2D eigenvalue weighted by Crippen LogP contribution is 2.20. The average molecular weight is 555 g/mol. The second-order valence-corrected chi connectivity index (χ2v) is 11.0. The van der Waals surface area contributed by atoms with Crippen molar-refractivity contribution >= 4 is 39.1 Å². The number of hydrogen-bond donors (Lipinski definition) is 0. The molecule has 1 fully saturated rings. The molecule has 0 radical (unpaired) electrons. The van der Waals surface area contributed by atoms with Crippen LogP contribution in [0.25, 0.3) is 0 Å². The maximum atomic E-state index is 13.7. The number of benzene rings is 2. The molecule has 1 saturated heterocycles. The predicted octanol–water partition coefficient (Wildman–Crippen LogP) is 5.59. The largest absolute Gasteiger partial charge is 0.332 e. The number of amides is 2. The zero-order valence-electron chi connectivity index (χ0n) is 20.2. The molecule has 0 unspecified atom stereocenters. The SMILES string of the molecule is Cc1ccsc1CN(Cc1ccccc1)C(=O)CN(CCN1CCCC1)C(=O)c1cccc(Br)c1. The average Bonchev–Trinajstić information content (AvgIpc) is 3.53. The van der Waals surface area contributed by atoms with Gasteiger partial charge in [0.2, 0.25) is 5.91 Å². The first-order valence-electron chi connectivity index (χ1n) is 12.1. The van der Waals surface area contributed by atoms with Gasteiger partial charge in [-0.1, -0.05) is 52.3 Å². The molecule has 1 aliphatic heterocycles. The van der Waals surface area contributed by atoms with Crippen LogP contribution in [-0.4, -0.2) is 59.2 Å². The Morgan fingerprint density at radius 1 is 0.971 bits per heavy atom. The summed E-state index contributed by atoms with van der Waals surface area (Å²) < 4.78 is 0.855. The lowest BCUT2D eigenvalue weighted by atomic mass is 10.2. The summed E-state index contributed by atoms with van der Waals surface area (Å²) in [6, 6.07) is 19.5. The van der Waals surface area contributed by atoms with Crippen molar-refractivity contribution in [3.63, 3.8) is 0 Å². The Labute approximate surface area is 220 Å². The smallest absolute Gasteiger partial charge is 0.254 e. The van der Waals surface area contributed by atoms with E-state index in [0.29, 0.717) is 25.2 Å². The lowest BCUT2D eigenvalue weighted by molar-refractivity contribution is -0.133. The van der Waals surface area contributed by atoms with Crippen molar-refractivity contribution in [2.24, 2.45) is 0 Å². The van der Waals surface area contributed by atoms with E-state index in [1.807, 2.05) is 59.5 Å². The summed E-state index contributed by atoms with van der Waals surface area (Å²) in [5, 5.41) is 2.06. The van der Waals surface area contributed by atoms with Crippen molar-refractivity contribution in [1.82, 2.24) is 14.7 Å². The van der Waals surface area contributed by atoms with Gasteiger partial charge in [0.1, 0.15) is 6.54 Å². The van der Waals surface area contributed by atoms with Crippen LogP contribution in [0.2, 0.25) is 0 Å². The summed E-state index contributed by atoms with van der Waals surface area (Å²) in [4.78, 5) is 34.4. The summed E-state index contributed by atoms with van der Waals surface area (Å²) in [7, 11) is 0. The number of carbonyl (C=O) groups excluding carboxylic acids is 2. The maximum absolute atomic E-state index is 13.7. The van der Waals surface area contributed by atoms with Gasteiger partial charge in [0.05, 0.1) is 6.54 Å². The minimum Gasteiger partial charge on any atom is -0.332 e. The van der Waals surface area contributed by atoms with Crippen LogP contribution in [0.4, 0.5) is 0 Å². The fourth-order valence-corrected chi connectivity index (χ4v) is 5.68. The van der Waals surface area contributed by atoms with Gasteiger partial charge in [-0.3, -0.25) is 9.59 Å². The third kappa shape index (κ3) is 7.26. The normalized spacial score (nSPS) is 13.7. The fraction of sp³-hybridized carbons (Fsp3) is 0.357. The molecule has 4 rings (SSSR count). The molecule has 2 aromatic carbocycles. The van der Waals surface area contributed by atoms with E-state index >= 15 is 0 Å². The first-order valence-corrected chi connectivity index (χ1v) is 13.8. The Balaban J connectivity index is 1.54. The molecule has 0 atom stereocenters. The lowest BCUT2D eigenvalue weighted by Crippen LogP contribution is -2.45. The summed E-state index contributed by atoms with van der Waals surface area (Å²) in [6.07, 6.45) is 2.40. The van der Waals surface area contributed by atoms with Gasteiger partial charge in [-0.2, -0.15) is 0 Å². The molecule has 0 bridgehead atoms. The number of nitrogens with zero attached hydrogens (tertiary/aromatic N) is 3. The summed E-state index contributed by atoms with van der Waals surface area (Å²) in [5.74, 6) is -0.141. The molecular weight excluding hydrogens is 522 g/mol. The highest BCUT2D eigenvalue weighted by atomic mass is 79.9. The van der Waals surface area contributed by atoms with Gasteiger partial charge in [-0.25, -0.2) is 0 Å². The van der Waals surface area contributed by atoms with Crippen molar-refractivity contribution in [3.8, 4) is 0 Å². The molecule has 0 N–H and O–H groups in total. The minimum absolute atomic E-state index is 0.0357. The number of aryl methyl sites for hydroxylation is 1. The molecule has 35 heavy (non-hydrogen) atoms. The molecule has 5 nitrogen and oxygen atoms in total. The standard InChI is InChI=1S/C28H32BrN3O2S/c1-22-12-17-35-26(22)20-32(19-23-8-3-2-4-9-23)27(33)21-31(16-15-30-13-5-6-14-30)28(34)24-10-7-11-25(29)18-24/h2-4,7-12,17-18H,5-6,13-16,19-21H2,1H3. The van der Waals surface area contributed by atoms with E-state index in [2.05, 4.69) is 39.2 Å². The second kappa shape index (κ2) is 12.5. The van der Waals surface area contributed by atoms with E-state index in [0.717, 1.165) is 29.7 Å². The van der Waals surface area contributed by atoms with Crippen LogP contribution in [0.3, 0.4) is 0 Å². The molecule has 7 heteroatoms. The minimum atomic E-state index is -0.106. The first-order chi connectivity index (χ1) is 17.0. The molecule has 0 aliphatic carbocycles.